The van der Waals surface area contributed by atoms with Crippen LogP contribution in [0.5, 0.6) is 0 Å². The third-order valence-electron chi connectivity index (χ3n) is 2.59. The summed E-state index contributed by atoms with van der Waals surface area (Å²) in [6.07, 6.45) is 2.46. The van der Waals surface area contributed by atoms with E-state index in [4.69, 9.17) is 5.73 Å². The highest BCUT2D eigenvalue weighted by Gasteiger charge is 2.51. The van der Waals surface area contributed by atoms with Crippen LogP contribution in [0.1, 0.15) is 19.8 Å². The molecule has 0 amide bonds. The lowest BCUT2D eigenvalue weighted by Gasteiger charge is -2.57. The molecule has 2 heteroatoms. The molecule has 0 aromatic heterocycles. The van der Waals surface area contributed by atoms with Crippen LogP contribution in [0.25, 0.3) is 0 Å². The van der Waals surface area contributed by atoms with Gasteiger partial charge in [0, 0.05) is 18.6 Å². The number of hydrogen-bond donors (Lipinski definition) is 2. The molecule has 2 saturated heterocycles. The monoisotopic (exact) mass is 126 g/mol. The highest BCUT2D eigenvalue weighted by atomic mass is 15.0. The van der Waals surface area contributed by atoms with Gasteiger partial charge in [0.15, 0.2) is 0 Å². The van der Waals surface area contributed by atoms with Crippen molar-refractivity contribution in [1.82, 2.24) is 5.32 Å². The first kappa shape index (κ1) is 5.69. The van der Waals surface area contributed by atoms with Crippen molar-refractivity contribution in [2.45, 2.75) is 25.3 Å². The van der Waals surface area contributed by atoms with Crippen molar-refractivity contribution in [2.75, 3.05) is 13.1 Å². The van der Waals surface area contributed by atoms with E-state index in [1.807, 2.05) is 0 Å². The molecule has 0 aromatic rings. The second-order valence-corrected chi connectivity index (χ2v) is 4.13. The molecule has 0 unspecified atom stereocenters. The molecule has 0 spiro atoms. The first-order valence-electron chi connectivity index (χ1n) is 3.62. The first-order valence-corrected chi connectivity index (χ1v) is 3.62. The predicted molar refractivity (Wildman–Crippen MR) is 37.1 cm³/mol. The summed E-state index contributed by atoms with van der Waals surface area (Å²) in [5.74, 6) is 0. The van der Waals surface area contributed by atoms with Crippen LogP contribution in [0.3, 0.4) is 0 Å². The molecule has 1 saturated carbocycles. The lowest BCUT2D eigenvalue weighted by Crippen LogP contribution is -2.69. The Morgan fingerprint density at radius 2 is 2.00 bits per heavy atom. The molecule has 2 nitrogen and oxygen atoms in total. The van der Waals surface area contributed by atoms with Gasteiger partial charge >= 0.3 is 0 Å². The van der Waals surface area contributed by atoms with Crippen molar-refractivity contribution < 1.29 is 0 Å². The molecule has 0 radical (unpaired) electrons. The van der Waals surface area contributed by atoms with Gasteiger partial charge in [0.05, 0.1) is 0 Å². The molecule has 2 heterocycles. The minimum absolute atomic E-state index is 0.174. The Labute approximate surface area is 55.8 Å². The zero-order valence-electron chi connectivity index (χ0n) is 5.91. The minimum Gasteiger partial charge on any atom is -0.324 e. The van der Waals surface area contributed by atoms with Gasteiger partial charge in [0.1, 0.15) is 0 Å². The molecule has 3 aliphatic rings. The number of nitrogens with two attached hydrogens (primary N) is 1. The van der Waals surface area contributed by atoms with E-state index in [2.05, 4.69) is 12.2 Å². The minimum atomic E-state index is 0.174. The molecule has 9 heavy (non-hydrogen) atoms. The topological polar surface area (TPSA) is 38.0 Å². The molecular weight excluding hydrogens is 112 g/mol. The summed E-state index contributed by atoms with van der Waals surface area (Å²) in [5, 5.41) is 3.34. The quantitative estimate of drug-likeness (QED) is 0.482. The summed E-state index contributed by atoms with van der Waals surface area (Å²) >= 11 is 0. The molecule has 1 aliphatic carbocycles. The number of nitrogens with one attached hydrogen (secondary N) is 1. The van der Waals surface area contributed by atoms with Gasteiger partial charge in [-0.15, -0.1) is 0 Å². The molecule has 0 atom stereocenters. The van der Waals surface area contributed by atoms with E-state index >= 15 is 0 Å². The predicted octanol–water partition coefficient (Wildman–Crippen LogP) is 0.0872. The zero-order valence-corrected chi connectivity index (χ0v) is 5.91. The first-order chi connectivity index (χ1) is 4.12. The van der Waals surface area contributed by atoms with E-state index in [-0.39, 0.29) is 5.54 Å². The molecule has 3 N–H and O–H groups in total. The number of piperidine rings is 2. The molecule has 52 valence electrons. The van der Waals surface area contributed by atoms with Crippen molar-refractivity contribution in [3.63, 3.8) is 0 Å². The molecule has 3 rings (SSSR count). The van der Waals surface area contributed by atoms with E-state index in [9.17, 15) is 0 Å². The molecule has 3 fully saturated rings. The highest BCUT2D eigenvalue weighted by molar-refractivity contribution is 5.11. The number of fused-ring (bicyclic) bond motifs is 2. The van der Waals surface area contributed by atoms with E-state index in [0.29, 0.717) is 5.41 Å². The van der Waals surface area contributed by atoms with Crippen LogP contribution in [-0.2, 0) is 0 Å². The van der Waals surface area contributed by atoms with Gasteiger partial charge in [-0.1, -0.05) is 6.92 Å². The third-order valence-corrected chi connectivity index (χ3v) is 2.59. The van der Waals surface area contributed by atoms with Gasteiger partial charge in [0.25, 0.3) is 0 Å². The van der Waals surface area contributed by atoms with Gasteiger partial charge in [-0.05, 0) is 18.3 Å². The van der Waals surface area contributed by atoms with Crippen LogP contribution in [0.15, 0.2) is 0 Å². The van der Waals surface area contributed by atoms with E-state index < -0.39 is 0 Å². The Hall–Kier alpha value is -0.0800. The maximum absolute atomic E-state index is 5.97. The van der Waals surface area contributed by atoms with E-state index in [1.54, 1.807) is 0 Å². The normalized spacial score (nSPS) is 56.7. The van der Waals surface area contributed by atoms with Gasteiger partial charge in [-0.3, -0.25) is 0 Å². The summed E-state index contributed by atoms with van der Waals surface area (Å²) in [7, 11) is 0. The average molecular weight is 126 g/mol. The SMILES string of the molecule is CC12CNCC(N)(C1)C2. The lowest BCUT2D eigenvalue weighted by molar-refractivity contribution is 0.00549. The fraction of sp³-hybridized carbons (Fsp3) is 1.00. The van der Waals surface area contributed by atoms with Gasteiger partial charge in [0.2, 0.25) is 0 Å². The molecule has 2 bridgehead atoms. The van der Waals surface area contributed by atoms with Crippen molar-refractivity contribution in [3.05, 3.63) is 0 Å². The molecule has 2 aliphatic heterocycles. The molecular formula is C7H14N2. The fourth-order valence-electron chi connectivity index (χ4n) is 2.51. The van der Waals surface area contributed by atoms with Crippen molar-refractivity contribution in [3.8, 4) is 0 Å². The summed E-state index contributed by atoms with van der Waals surface area (Å²) in [4.78, 5) is 0. The number of hydrogen-bond acceptors (Lipinski definition) is 2. The van der Waals surface area contributed by atoms with Gasteiger partial charge < -0.3 is 11.1 Å². The summed E-state index contributed by atoms with van der Waals surface area (Å²) < 4.78 is 0. The maximum Gasteiger partial charge on any atom is 0.0292 e. The standard InChI is InChI=1S/C7H14N2/c1-6-2-7(8,3-6)5-9-4-6/h9H,2-5,8H2,1H3. The molecule has 0 aromatic carbocycles. The second-order valence-electron chi connectivity index (χ2n) is 4.13. The van der Waals surface area contributed by atoms with Gasteiger partial charge in [-0.25, -0.2) is 0 Å². The Kier molecular flexibility index (Phi) is 0.837. The summed E-state index contributed by atoms with van der Waals surface area (Å²) in [5.41, 5.74) is 6.69. The highest BCUT2D eigenvalue weighted by Crippen LogP contribution is 2.48. The fourth-order valence-corrected chi connectivity index (χ4v) is 2.51. The van der Waals surface area contributed by atoms with Crippen LogP contribution in [-0.4, -0.2) is 18.6 Å². The smallest absolute Gasteiger partial charge is 0.0292 e. The Balaban J connectivity index is 2.12. The average Bonchev–Trinajstić information content (AvgIpc) is 1.59. The van der Waals surface area contributed by atoms with Crippen LogP contribution in [0, 0.1) is 5.41 Å². The Bertz CT molecular complexity index is 122. The van der Waals surface area contributed by atoms with Crippen molar-refractivity contribution in [2.24, 2.45) is 11.1 Å². The van der Waals surface area contributed by atoms with E-state index in [1.165, 1.54) is 19.4 Å². The lowest BCUT2D eigenvalue weighted by atomic mass is 9.56. The Morgan fingerprint density at radius 1 is 1.33 bits per heavy atom. The van der Waals surface area contributed by atoms with E-state index in [0.717, 1.165) is 6.54 Å². The largest absolute Gasteiger partial charge is 0.324 e. The maximum atomic E-state index is 5.97. The van der Waals surface area contributed by atoms with Crippen molar-refractivity contribution in [1.29, 1.82) is 0 Å². The van der Waals surface area contributed by atoms with Crippen molar-refractivity contribution >= 4 is 0 Å². The summed E-state index contributed by atoms with van der Waals surface area (Å²) in [6.45, 7) is 4.51. The van der Waals surface area contributed by atoms with Crippen LogP contribution >= 0.6 is 0 Å². The van der Waals surface area contributed by atoms with Gasteiger partial charge in [-0.2, -0.15) is 0 Å². The van der Waals surface area contributed by atoms with Crippen LogP contribution in [0.4, 0.5) is 0 Å². The Morgan fingerprint density at radius 3 is 2.33 bits per heavy atom. The number of rotatable bonds is 0. The van der Waals surface area contributed by atoms with Crippen LogP contribution in [0.2, 0.25) is 0 Å². The third kappa shape index (κ3) is 0.700. The summed E-state index contributed by atoms with van der Waals surface area (Å²) in [6, 6.07) is 0. The zero-order chi connectivity index (χ0) is 6.54. The second kappa shape index (κ2) is 1.32. The van der Waals surface area contributed by atoms with Crippen LogP contribution < -0.4 is 11.1 Å².